The number of benzene rings is 1. The Kier molecular flexibility index (Phi) is 5.90. The predicted molar refractivity (Wildman–Crippen MR) is 135 cm³/mol. The molecule has 2 bridgehead atoms. The Morgan fingerprint density at radius 3 is 2.79 bits per heavy atom. The van der Waals surface area contributed by atoms with Crippen LogP contribution in [0.4, 0.5) is 4.39 Å². The summed E-state index contributed by atoms with van der Waals surface area (Å²) in [6.07, 6.45) is 4.23. The average Bonchev–Trinajstić information content (AvgIpc) is 3.43. The van der Waals surface area contributed by atoms with Gasteiger partial charge in [0.05, 0.1) is 17.0 Å². The Morgan fingerprint density at radius 1 is 1.32 bits per heavy atom. The Hall–Kier alpha value is -3.52. The van der Waals surface area contributed by atoms with Crippen molar-refractivity contribution in [2.24, 2.45) is 5.73 Å². The highest BCUT2D eigenvalue weighted by Crippen LogP contribution is 2.54. The van der Waals surface area contributed by atoms with Gasteiger partial charge in [0, 0.05) is 24.4 Å². The minimum Gasteiger partial charge on any atom is -0.380 e. The van der Waals surface area contributed by atoms with E-state index in [1.54, 1.807) is 23.0 Å². The first-order valence-corrected chi connectivity index (χ1v) is 13.0. The highest BCUT2D eigenvalue weighted by atomic mass is 19.1. The third kappa shape index (κ3) is 4.11. The van der Waals surface area contributed by atoms with Crippen molar-refractivity contribution in [3.8, 4) is 23.2 Å². The third-order valence-corrected chi connectivity index (χ3v) is 7.65. The van der Waals surface area contributed by atoms with Crippen LogP contribution in [-0.2, 0) is 4.74 Å². The van der Waals surface area contributed by atoms with Crippen molar-refractivity contribution in [1.29, 1.82) is 0 Å². The molecule has 198 valence electrons. The molecule has 5 heterocycles. The van der Waals surface area contributed by atoms with Gasteiger partial charge in [-0.1, -0.05) is 11.8 Å². The van der Waals surface area contributed by atoms with Crippen molar-refractivity contribution in [3.63, 3.8) is 0 Å². The first-order chi connectivity index (χ1) is 18.1. The van der Waals surface area contributed by atoms with Gasteiger partial charge >= 0.3 is 0 Å². The zero-order chi connectivity index (χ0) is 26.8. The maximum absolute atomic E-state index is 15.1. The minimum atomic E-state index is -1.29. The molecule has 10 heteroatoms. The fraction of sp³-hybridized carbons (Fsp3) is 0.464. The largest absolute Gasteiger partial charge is 0.380 e. The van der Waals surface area contributed by atoms with Gasteiger partial charge in [-0.2, -0.15) is 5.10 Å². The number of carbonyl (C=O) groups is 1. The number of ether oxygens (including phenoxy) is 1. The van der Waals surface area contributed by atoms with E-state index >= 15 is 4.39 Å². The summed E-state index contributed by atoms with van der Waals surface area (Å²) < 4.78 is 24.5. The van der Waals surface area contributed by atoms with Crippen molar-refractivity contribution >= 4 is 5.91 Å². The van der Waals surface area contributed by atoms with Gasteiger partial charge in [0.1, 0.15) is 23.3 Å². The highest BCUT2D eigenvalue weighted by molar-refractivity contribution is 5.93. The molecule has 3 aromatic rings. The van der Waals surface area contributed by atoms with Crippen molar-refractivity contribution < 1.29 is 24.1 Å². The fourth-order valence-corrected chi connectivity index (χ4v) is 5.77. The van der Waals surface area contributed by atoms with Crippen LogP contribution in [0.3, 0.4) is 0 Å². The number of imidazole rings is 1. The lowest BCUT2D eigenvalue weighted by atomic mass is 9.75. The van der Waals surface area contributed by atoms with Crippen LogP contribution in [0.5, 0.6) is 0 Å². The molecule has 1 saturated heterocycles. The van der Waals surface area contributed by atoms with E-state index in [4.69, 9.17) is 10.5 Å². The summed E-state index contributed by atoms with van der Waals surface area (Å²) >= 11 is 0. The number of carbonyl (C=O) groups excluding carboxylic acids is 1. The van der Waals surface area contributed by atoms with Crippen molar-refractivity contribution in [2.45, 2.75) is 75.8 Å². The number of hydrogen-bond donors (Lipinski definition) is 3. The molecule has 2 fully saturated rings. The Balaban J connectivity index is 1.51. The van der Waals surface area contributed by atoms with Crippen LogP contribution in [0, 0.1) is 17.7 Å². The number of aliphatic hydroxyl groups excluding tert-OH is 1. The van der Waals surface area contributed by atoms with Gasteiger partial charge < -0.3 is 25.3 Å². The third-order valence-electron chi connectivity index (χ3n) is 7.65. The van der Waals surface area contributed by atoms with E-state index in [0.29, 0.717) is 42.2 Å². The van der Waals surface area contributed by atoms with Gasteiger partial charge in [-0.15, -0.1) is 0 Å². The Bertz CT molecular complexity index is 1480. The van der Waals surface area contributed by atoms with E-state index in [2.05, 4.69) is 21.9 Å². The molecule has 2 atom stereocenters. The standard InChI is InChI=1S/C28H30FN5O4/c1-28(2,37)8-6-15-13-19-18(14-20(15)29)16-11-17(12-16)33-24(23(26(30)36)32-27(19)33)25(35)21-7-9-31-34(21)22-5-3-4-10-38-22/h7,9,13-14,16-17,22,25,35,37H,3-5,10-12H2,1-2H3,(H2,30,36). The molecular weight excluding hydrogens is 489 g/mol. The molecule has 2 unspecified atom stereocenters. The molecular formula is C28H30FN5O4. The van der Waals surface area contributed by atoms with E-state index in [1.165, 1.54) is 19.9 Å². The summed E-state index contributed by atoms with van der Waals surface area (Å²) in [6, 6.07) is 4.76. The monoisotopic (exact) mass is 519 g/mol. The highest BCUT2D eigenvalue weighted by Gasteiger charge is 2.43. The second-order valence-electron chi connectivity index (χ2n) is 10.9. The predicted octanol–water partition coefficient (Wildman–Crippen LogP) is 3.32. The molecule has 38 heavy (non-hydrogen) atoms. The Morgan fingerprint density at radius 2 is 2.11 bits per heavy atom. The molecule has 1 saturated carbocycles. The van der Waals surface area contributed by atoms with Crippen molar-refractivity contribution in [3.05, 3.63) is 58.4 Å². The van der Waals surface area contributed by atoms with Crippen molar-refractivity contribution in [2.75, 3.05) is 6.61 Å². The zero-order valence-corrected chi connectivity index (χ0v) is 21.3. The minimum absolute atomic E-state index is 0.0328. The van der Waals surface area contributed by atoms with Gasteiger partial charge in [0.15, 0.2) is 11.9 Å². The molecule has 9 nitrogen and oxygen atoms in total. The number of hydrogen-bond acceptors (Lipinski definition) is 6. The molecule has 1 amide bonds. The first kappa shape index (κ1) is 24.8. The number of rotatable bonds is 4. The molecule has 3 aliphatic heterocycles. The van der Waals surface area contributed by atoms with E-state index < -0.39 is 23.4 Å². The number of aromatic nitrogens is 4. The molecule has 0 spiro atoms. The molecule has 4 aliphatic rings. The van der Waals surface area contributed by atoms with Gasteiger partial charge in [0.2, 0.25) is 0 Å². The van der Waals surface area contributed by atoms with Crippen LogP contribution >= 0.6 is 0 Å². The van der Waals surface area contributed by atoms with Gasteiger partial charge in [-0.05, 0) is 75.6 Å². The van der Waals surface area contributed by atoms with Gasteiger partial charge in [-0.25, -0.2) is 14.1 Å². The molecule has 4 N–H and O–H groups in total. The molecule has 1 aromatic carbocycles. The molecule has 2 aromatic heterocycles. The van der Waals surface area contributed by atoms with E-state index in [1.807, 2.05) is 4.57 Å². The number of primary amides is 1. The molecule has 1 aliphatic carbocycles. The maximum Gasteiger partial charge on any atom is 0.269 e. The van der Waals surface area contributed by atoms with Gasteiger partial charge in [-0.3, -0.25) is 4.79 Å². The summed E-state index contributed by atoms with van der Waals surface area (Å²) in [5, 5.41) is 26.2. The summed E-state index contributed by atoms with van der Waals surface area (Å²) in [6.45, 7) is 3.67. The lowest BCUT2D eigenvalue weighted by molar-refractivity contribution is -0.0438. The first-order valence-electron chi connectivity index (χ1n) is 13.0. The van der Waals surface area contributed by atoms with Crippen LogP contribution in [0.1, 0.15) is 103 Å². The smallest absolute Gasteiger partial charge is 0.269 e. The van der Waals surface area contributed by atoms with Crippen LogP contribution < -0.4 is 5.73 Å². The quantitative estimate of drug-likeness (QED) is 0.454. The SMILES string of the molecule is CC(C)(O)C#Cc1cc2c(cc1F)C1CC(C1)n1c-2nc(C(N)=O)c1C(O)c1ccnn1C1CCCCO1. The summed E-state index contributed by atoms with van der Waals surface area (Å²) in [4.78, 5) is 17.3. The fourth-order valence-electron chi connectivity index (χ4n) is 5.77. The lowest BCUT2D eigenvalue weighted by Crippen LogP contribution is -2.28. The summed E-state index contributed by atoms with van der Waals surface area (Å²) in [7, 11) is 0. The number of aliphatic hydroxyl groups is 2. The van der Waals surface area contributed by atoms with Crippen molar-refractivity contribution in [1.82, 2.24) is 19.3 Å². The molecule has 0 radical (unpaired) electrons. The Labute approximate surface area is 219 Å². The number of halogens is 1. The van der Waals surface area contributed by atoms with Crippen LogP contribution in [-0.4, -0.2) is 47.7 Å². The number of nitrogens with zero attached hydrogens (tertiary/aromatic N) is 4. The lowest BCUT2D eigenvalue weighted by Gasteiger charge is -2.36. The van der Waals surface area contributed by atoms with Crippen LogP contribution in [0.15, 0.2) is 24.4 Å². The van der Waals surface area contributed by atoms with Gasteiger partial charge in [0.25, 0.3) is 5.91 Å². The number of nitrogens with two attached hydrogens (primary N) is 1. The second-order valence-corrected chi connectivity index (χ2v) is 10.9. The summed E-state index contributed by atoms with van der Waals surface area (Å²) in [5.41, 5.74) is 6.79. The molecule has 7 rings (SSSR count). The second kappa shape index (κ2) is 9.05. The maximum atomic E-state index is 15.1. The van der Waals surface area contributed by atoms with Crippen LogP contribution in [0.2, 0.25) is 0 Å². The normalized spacial score (nSPS) is 22.8. The van der Waals surface area contributed by atoms with Crippen LogP contribution in [0.25, 0.3) is 11.4 Å². The van der Waals surface area contributed by atoms with E-state index in [-0.39, 0.29) is 29.4 Å². The van der Waals surface area contributed by atoms with E-state index in [9.17, 15) is 15.0 Å². The average molecular weight is 520 g/mol. The zero-order valence-electron chi connectivity index (χ0n) is 21.3. The number of amides is 1. The topological polar surface area (TPSA) is 128 Å². The van der Waals surface area contributed by atoms with E-state index in [0.717, 1.165) is 24.8 Å². The summed E-state index contributed by atoms with van der Waals surface area (Å²) in [5.74, 6) is 4.72.